The van der Waals surface area contributed by atoms with Crippen LogP contribution in [0, 0.1) is 0 Å². The van der Waals surface area contributed by atoms with Gasteiger partial charge in [-0.3, -0.25) is 0 Å². The maximum atomic E-state index is 10.2. The quantitative estimate of drug-likeness (QED) is 0.465. The summed E-state index contributed by atoms with van der Waals surface area (Å²) in [4.78, 5) is 18.3. The average Bonchev–Trinajstić information content (AvgIpc) is 2.17. The fraction of sp³-hybridized carbons (Fsp3) is 0.222. The number of carboxylic acids is 1. The van der Waals surface area contributed by atoms with E-state index in [2.05, 4.69) is 9.97 Å². The molecule has 0 amide bonds. The SMILES string of the molecule is CCSc1ncc(/C=C/C(=O)O)cn1. The van der Waals surface area contributed by atoms with Crippen molar-refractivity contribution in [1.82, 2.24) is 9.97 Å². The van der Waals surface area contributed by atoms with Gasteiger partial charge in [-0.25, -0.2) is 14.8 Å². The summed E-state index contributed by atoms with van der Waals surface area (Å²) in [5, 5.41) is 9.09. The van der Waals surface area contributed by atoms with Gasteiger partial charge < -0.3 is 5.11 Å². The number of thioether (sulfide) groups is 1. The molecule has 0 bridgehead atoms. The Labute approximate surface area is 86.1 Å². The van der Waals surface area contributed by atoms with Gasteiger partial charge in [0.15, 0.2) is 5.16 Å². The van der Waals surface area contributed by atoms with E-state index < -0.39 is 5.97 Å². The lowest BCUT2D eigenvalue weighted by molar-refractivity contribution is -0.131. The second kappa shape index (κ2) is 5.39. The van der Waals surface area contributed by atoms with E-state index in [1.165, 1.54) is 6.08 Å². The van der Waals surface area contributed by atoms with E-state index in [1.807, 2.05) is 6.92 Å². The molecule has 0 fully saturated rings. The van der Waals surface area contributed by atoms with E-state index >= 15 is 0 Å². The van der Waals surface area contributed by atoms with Crippen molar-refractivity contribution in [2.24, 2.45) is 0 Å². The lowest BCUT2D eigenvalue weighted by atomic mass is 10.3. The molecule has 0 saturated heterocycles. The van der Waals surface area contributed by atoms with Gasteiger partial charge in [0, 0.05) is 24.0 Å². The zero-order valence-corrected chi connectivity index (χ0v) is 8.49. The molecule has 1 aromatic heterocycles. The Morgan fingerprint density at radius 3 is 2.71 bits per heavy atom. The predicted octanol–water partition coefficient (Wildman–Crippen LogP) is 1.69. The average molecular weight is 210 g/mol. The Morgan fingerprint density at radius 2 is 2.21 bits per heavy atom. The second-order valence-electron chi connectivity index (χ2n) is 2.40. The largest absolute Gasteiger partial charge is 0.478 e. The molecule has 0 spiro atoms. The van der Waals surface area contributed by atoms with Gasteiger partial charge in [-0.1, -0.05) is 18.7 Å². The minimum Gasteiger partial charge on any atom is -0.478 e. The van der Waals surface area contributed by atoms with Crippen molar-refractivity contribution >= 4 is 23.8 Å². The van der Waals surface area contributed by atoms with Crippen molar-refractivity contribution in [2.45, 2.75) is 12.1 Å². The summed E-state index contributed by atoms with van der Waals surface area (Å²) in [6.07, 6.45) is 5.73. The van der Waals surface area contributed by atoms with Crippen LogP contribution in [-0.2, 0) is 4.79 Å². The first-order valence-corrected chi connectivity index (χ1v) is 5.06. The van der Waals surface area contributed by atoms with Gasteiger partial charge in [0.2, 0.25) is 0 Å². The summed E-state index contributed by atoms with van der Waals surface area (Å²) in [5.41, 5.74) is 0.688. The minimum absolute atomic E-state index is 0.688. The first-order valence-electron chi connectivity index (χ1n) is 4.08. The molecule has 0 aliphatic carbocycles. The van der Waals surface area contributed by atoms with Crippen molar-refractivity contribution in [1.29, 1.82) is 0 Å². The van der Waals surface area contributed by atoms with Crippen LogP contribution in [0.4, 0.5) is 0 Å². The summed E-state index contributed by atoms with van der Waals surface area (Å²) in [5.74, 6) is -0.0540. The standard InChI is InChI=1S/C9H10N2O2S/c1-2-14-9-10-5-7(6-11-9)3-4-8(12)13/h3-6H,2H2,1H3,(H,12,13)/b4-3+. The molecule has 0 saturated carbocycles. The van der Waals surface area contributed by atoms with E-state index in [0.717, 1.165) is 11.8 Å². The van der Waals surface area contributed by atoms with Crippen LogP contribution in [0.15, 0.2) is 23.6 Å². The summed E-state index contributed by atoms with van der Waals surface area (Å²) >= 11 is 1.55. The van der Waals surface area contributed by atoms with Gasteiger partial charge in [-0.05, 0) is 11.8 Å². The number of carboxylic acid groups (broad SMARTS) is 1. The maximum Gasteiger partial charge on any atom is 0.328 e. The first kappa shape index (κ1) is 10.7. The van der Waals surface area contributed by atoms with Crippen molar-refractivity contribution in [3.05, 3.63) is 24.0 Å². The van der Waals surface area contributed by atoms with Crippen LogP contribution in [0.1, 0.15) is 12.5 Å². The van der Waals surface area contributed by atoms with Gasteiger partial charge in [0.1, 0.15) is 0 Å². The zero-order chi connectivity index (χ0) is 10.4. The van der Waals surface area contributed by atoms with Gasteiger partial charge in [-0.2, -0.15) is 0 Å². The molecule has 4 nitrogen and oxygen atoms in total. The highest BCUT2D eigenvalue weighted by Crippen LogP contribution is 2.11. The van der Waals surface area contributed by atoms with Crippen LogP contribution in [0.2, 0.25) is 0 Å². The predicted molar refractivity (Wildman–Crippen MR) is 55.1 cm³/mol. The molecule has 1 N–H and O–H groups in total. The molecular weight excluding hydrogens is 200 g/mol. The molecular formula is C9H10N2O2S. The molecule has 0 unspecified atom stereocenters. The van der Waals surface area contributed by atoms with Crippen LogP contribution in [0.3, 0.4) is 0 Å². The van der Waals surface area contributed by atoms with E-state index in [4.69, 9.17) is 5.11 Å². The van der Waals surface area contributed by atoms with Crippen molar-refractivity contribution in [3.63, 3.8) is 0 Å². The lowest BCUT2D eigenvalue weighted by Gasteiger charge is -1.95. The molecule has 0 atom stereocenters. The number of carbonyl (C=O) groups is 1. The molecule has 1 heterocycles. The molecule has 14 heavy (non-hydrogen) atoms. The Morgan fingerprint density at radius 1 is 1.57 bits per heavy atom. The van der Waals surface area contributed by atoms with E-state index in [0.29, 0.717) is 10.7 Å². The van der Waals surface area contributed by atoms with Crippen molar-refractivity contribution in [3.8, 4) is 0 Å². The highest BCUT2D eigenvalue weighted by Gasteiger charge is 1.95. The van der Waals surface area contributed by atoms with E-state index in [9.17, 15) is 4.79 Å². The first-order chi connectivity index (χ1) is 6.72. The normalized spacial score (nSPS) is 10.6. The molecule has 5 heteroatoms. The van der Waals surface area contributed by atoms with Crippen LogP contribution in [0.5, 0.6) is 0 Å². The number of hydrogen-bond donors (Lipinski definition) is 1. The molecule has 1 rings (SSSR count). The summed E-state index contributed by atoms with van der Waals surface area (Å²) in [7, 11) is 0. The molecule has 74 valence electrons. The van der Waals surface area contributed by atoms with Gasteiger partial charge in [0.25, 0.3) is 0 Å². The number of rotatable bonds is 4. The summed E-state index contributed by atoms with van der Waals surface area (Å²) < 4.78 is 0. The topological polar surface area (TPSA) is 63.1 Å². The van der Waals surface area contributed by atoms with E-state index in [-0.39, 0.29) is 0 Å². The summed E-state index contributed by atoms with van der Waals surface area (Å²) in [6, 6.07) is 0. The van der Waals surface area contributed by atoms with Crippen molar-refractivity contribution < 1.29 is 9.90 Å². The van der Waals surface area contributed by atoms with Crippen LogP contribution >= 0.6 is 11.8 Å². The highest BCUT2D eigenvalue weighted by molar-refractivity contribution is 7.99. The Bertz CT molecular complexity index is 335. The highest BCUT2D eigenvalue weighted by atomic mass is 32.2. The Kier molecular flexibility index (Phi) is 4.12. The van der Waals surface area contributed by atoms with Gasteiger partial charge >= 0.3 is 5.97 Å². The number of nitrogens with zero attached hydrogens (tertiary/aromatic N) is 2. The third kappa shape index (κ3) is 3.57. The summed E-state index contributed by atoms with van der Waals surface area (Å²) in [6.45, 7) is 2.02. The Balaban J connectivity index is 2.68. The minimum atomic E-state index is -0.975. The number of hydrogen-bond acceptors (Lipinski definition) is 4. The smallest absolute Gasteiger partial charge is 0.328 e. The monoisotopic (exact) mass is 210 g/mol. The molecule has 0 radical (unpaired) electrons. The van der Waals surface area contributed by atoms with Crippen LogP contribution in [0.25, 0.3) is 6.08 Å². The zero-order valence-electron chi connectivity index (χ0n) is 7.67. The molecule has 1 aromatic rings. The van der Waals surface area contributed by atoms with Crippen LogP contribution in [-0.4, -0.2) is 26.8 Å². The fourth-order valence-electron chi connectivity index (χ4n) is 0.783. The molecule has 0 aliphatic rings. The van der Waals surface area contributed by atoms with Crippen LogP contribution < -0.4 is 0 Å². The van der Waals surface area contributed by atoms with Crippen molar-refractivity contribution in [2.75, 3.05) is 5.75 Å². The number of aromatic nitrogens is 2. The second-order valence-corrected chi connectivity index (χ2v) is 3.63. The van der Waals surface area contributed by atoms with Gasteiger partial charge in [-0.15, -0.1) is 0 Å². The third-order valence-electron chi connectivity index (χ3n) is 1.34. The molecule has 0 aliphatic heterocycles. The lowest BCUT2D eigenvalue weighted by Crippen LogP contribution is -1.89. The third-order valence-corrected chi connectivity index (χ3v) is 2.10. The fourth-order valence-corrected chi connectivity index (χ4v) is 1.30. The van der Waals surface area contributed by atoms with E-state index in [1.54, 1.807) is 24.2 Å². The Hall–Kier alpha value is -1.36. The number of aliphatic carboxylic acids is 1. The van der Waals surface area contributed by atoms with Gasteiger partial charge in [0.05, 0.1) is 0 Å². The molecule has 0 aromatic carbocycles. The maximum absolute atomic E-state index is 10.2.